The number of hydrogen-bond acceptors (Lipinski definition) is 2. The van der Waals surface area contributed by atoms with Gasteiger partial charge in [0.05, 0.1) is 4.47 Å². The Balaban J connectivity index is 2.37. The first-order valence-corrected chi connectivity index (χ1v) is 7.31. The van der Waals surface area contributed by atoms with Crippen LogP contribution in [0.2, 0.25) is 0 Å². The molecule has 1 heterocycles. The summed E-state index contributed by atoms with van der Waals surface area (Å²) in [7, 11) is 0. The molecule has 1 aromatic heterocycles. The number of hydrogen-bond donors (Lipinski definition) is 1. The molecular weight excluding hydrogens is 276 g/mol. The molecule has 0 amide bonds. The molecule has 0 aliphatic rings. The largest absolute Gasteiger partial charge is 0.367 e. The molecular formula is C14H23BrN2. The number of nitrogens with one attached hydrogen (secondary N) is 1. The fourth-order valence-corrected chi connectivity index (χ4v) is 2.40. The summed E-state index contributed by atoms with van der Waals surface area (Å²) in [5.74, 6) is 0.957. The topological polar surface area (TPSA) is 24.9 Å². The Kier molecular flexibility index (Phi) is 6.56. The molecule has 0 radical (unpaired) electrons. The van der Waals surface area contributed by atoms with Gasteiger partial charge in [0.1, 0.15) is 5.82 Å². The zero-order valence-electron chi connectivity index (χ0n) is 11.1. The van der Waals surface area contributed by atoms with Crippen LogP contribution in [0.1, 0.15) is 51.5 Å². The molecule has 3 heteroatoms. The lowest BCUT2D eigenvalue weighted by molar-refractivity contribution is 0.593. The van der Waals surface area contributed by atoms with Crippen LogP contribution in [0.15, 0.2) is 16.7 Å². The molecule has 0 saturated carbocycles. The highest BCUT2D eigenvalue weighted by atomic mass is 79.9. The van der Waals surface area contributed by atoms with Crippen molar-refractivity contribution < 1.29 is 0 Å². The number of anilines is 1. The fourth-order valence-electron chi connectivity index (χ4n) is 1.82. The van der Waals surface area contributed by atoms with E-state index >= 15 is 0 Å². The van der Waals surface area contributed by atoms with E-state index in [0.717, 1.165) is 10.3 Å². The van der Waals surface area contributed by atoms with Crippen LogP contribution >= 0.6 is 15.9 Å². The van der Waals surface area contributed by atoms with Crippen molar-refractivity contribution in [3.05, 3.63) is 22.3 Å². The maximum Gasteiger partial charge on any atom is 0.140 e. The first kappa shape index (κ1) is 14.5. The molecule has 0 bridgehead atoms. The van der Waals surface area contributed by atoms with Crippen LogP contribution in [0, 0.1) is 6.92 Å². The average Bonchev–Trinajstić information content (AvgIpc) is 2.28. The second-order valence-electron chi connectivity index (χ2n) is 4.74. The van der Waals surface area contributed by atoms with E-state index in [-0.39, 0.29) is 0 Å². The Morgan fingerprint density at radius 2 is 2.12 bits per heavy atom. The molecule has 1 unspecified atom stereocenters. The first-order chi connectivity index (χ1) is 8.13. The predicted octanol–water partition coefficient (Wildman–Crippen LogP) is 4.92. The molecule has 1 aromatic rings. The number of unbranched alkanes of at least 4 members (excludes halogenated alkanes) is 3. The van der Waals surface area contributed by atoms with Crippen molar-refractivity contribution in [3.63, 3.8) is 0 Å². The molecule has 1 N–H and O–H groups in total. The Morgan fingerprint density at radius 1 is 1.35 bits per heavy atom. The van der Waals surface area contributed by atoms with Gasteiger partial charge in [-0.15, -0.1) is 0 Å². The summed E-state index contributed by atoms with van der Waals surface area (Å²) in [6.07, 6.45) is 8.39. The standard InChI is InChI=1S/C14H23BrN2/c1-4-5-6-7-8-12(3)17-14-13(15)9-11(2)10-16-14/h9-10,12H,4-8H2,1-3H3,(H,16,17). The van der Waals surface area contributed by atoms with Gasteiger partial charge < -0.3 is 5.32 Å². The zero-order valence-corrected chi connectivity index (χ0v) is 12.7. The van der Waals surface area contributed by atoms with E-state index < -0.39 is 0 Å². The minimum Gasteiger partial charge on any atom is -0.367 e. The zero-order chi connectivity index (χ0) is 12.7. The maximum atomic E-state index is 4.40. The monoisotopic (exact) mass is 298 g/mol. The molecule has 0 aliphatic carbocycles. The van der Waals surface area contributed by atoms with Gasteiger partial charge in [-0.05, 0) is 47.8 Å². The van der Waals surface area contributed by atoms with Crippen molar-refractivity contribution in [3.8, 4) is 0 Å². The summed E-state index contributed by atoms with van der Waals surface area (Å²) in [6, 6.07) is 2.58. The van der Waals surface area contributed by atoms with Gasteiger partial charge in [0.2, 0.25) is 0 Å². The van der Waals surface area contributed by atoms with E-state index in [4.69, 9.17) is 0 Å². The van der Waals surface area contributed by atoms with Gasteiger partial charge in [-0.1, -0.05) is 32.6 Å². The lowest BCUT2D eigenvalue weighted by atomic mass is 10.1. The van der Waals surface area contributed by atoms with Crippen molar-refractivity contribution in [2.24, 2.45) is 0 Å². The van der Waals surface area contributed by atoms with Crippen molar-refractivity contribution in [1.29, 1.82) is 0 Å². The highest BCUT2D eigenvalue weighted by Crippen LogP contribution is 2.22. The van der Waals surface area contributed by atoms with E-state index in [1.165, 1.54) is 37.7 Å². The summed E-state index contributed by atoms with van der Waals surface area (Å²) in [6.45, 7) is 6.52. The third-order valence-electron chi connectivity index (χ3n) is 2.85. The lowest BCUT2D eigenvalue weighted by Gasteiger charge is -2.15. The lowest BCUT2D eigenvalue weighted by Crippen LogP contribution is -2.16. The highest BCUT2D eigenvalue weighted by Gasteiger charge is 2.06. The van der Waals surface area contributed by atoms with Gasteiger partial charge in [0.25, 0.3) is 0 Å². The van der Waals surface area contributed by atoms with Crippen LogP contribution < -0.4 is 5.32 Å². The Bertz CT molecular complexity index is 339. The van der Waals surface area contributed by atoms with Gasteiger partial charge in [0, 0.05) is 12.2 Å². The molecule has 0 fully saturated rings. The summed E-state index contributed by atoms with van der Waals surface area (Å²) in [5.41, 5.74) is 1.18. The average molecular weight is 299 g/mol. The first-order valence-electron chi connectivity index (χ1n) is 6.52. The smallest absolute Gasteiger partial charge is 0.140 e. The molecule has 0 saturated heterocycles. The number of aryl methyl sites for hydroxylation is 1. The number of halogens is 1. The second-order valence-corrected chi connectivity index (χ2v) is 5.59. The highest BCUT2D eigenvalue weighted by molar-refractivity contribution is 9.10. The minimum atomic E-state index is 0.485. The molecule has 0 aliphatic heterocycles. The van der Waals surface area contributed by atoms with Crippen LogP contribution in [0.3, 0.4) is 0 Å². The maximum absolute atomic E-state index is 4.40. The van der Waals surface area contributed by atoms with Gasteiger partial charge in [0.15, 0.2) is 0 Å². The van der Waals surface area contributed by atoms with Crippen LogP contribution in [-0.4, -0.2) is 11.0 Å². The fraction of sp³-hybridized carbons (Fsp3) is 0.643. The molecule has 0 aromatic carbocycles. The number of rotatable bonds is 7. The molecule has 1 atom stereocenters. The van der Waals surface area contributed by atoms with Gasteiger partial charge in [-0.3, -0.25) is 0 Å². The van der Waals surface area contributed by atoms with Gasteiger partial charge in [-0.25, -0.2) is 4.98 Å². The summed E-state index contributed by atoms with van der Waals surface area (Å²) >= 11 is 3.54. The number of aromatic nitrogens is 1. The minimum absolute atomic E-state index is 0.485. The second kappa shape index (κ2) is 7.70. The summed E-state index contributed by atoms with van der Waals surface area (Å²) < 4.78 is 1.05. The van der Waals surface area contributed by atoms with E-state index in [0.29, 0.717) is 6.04 Å². The summed E-state index contributed by atoms with van der Waals surface area (Å²) in [5, 5.41) is 3.46. The van der Waals surface area contributed by atoms with Crippen molar-refractivity contribution in [2.75, 3.05) is 5.32 Å². The third-order valence-corrected chi connectivity index (χ3v) is 3.46. The summed E-state index contributed by atoms with van der Waals surface area (Å²) in [4.78, 5) is 4.40. The quantitative estimate of drug-likeness (QED) is 0.723. The number of pyridine rings is 1. The molecule has 96 valence electrons. The third kappa shape index (κ3) is 5.53. The van der Waals surface area contributed by atoms with Crippen molar-refractivity contribution in [2.45, 2.75) is 58.9 Å². The normalized spacial score (nSPS) is 12.5. The van der Waals surface area contributed by atoms with E-state index in [1.807, 2.05) is 6.20 Å². The predicted molar refractivity (Wildman–Crippen MR) is 78.5 cm³/mol. The van der Waals surface area contributed by atoms with E-state index in [2.05, 4.69) is 53.1 Å². The van der Waals surface area contributed by atoms with Crippen LogP contribution in [0.5, 0.6) is 0 Å². The molecule has 0 spiro atoms. The Labute approximate surface area is 113 Å². The Morgan fingerprint density at radius 3 is 2.76 bits per heavy atom. The van der Waals surface area contributed by atoms with Crippen LogP contribution in [0.4, 0.5) is 5.82 Å². The van der Waals surface area contributed by atoms with E-state index in [9.17, 15) is 0 Å². The number of nitrogens with zero attached hydrogens (tertiary/aromatic N) is 1. The molecule has 2 nitrogen and oxygen atoms in total. The SMILES string of the molecule is CCCCCCC(C)Nc1ncc(C)cc1Br. The van der Waals surface area contributed by atoms with Crippen molar-refractivity contribution in [1.82, 2.24) is 4.98 Å². The molecule has 17 heavy (non-hydrogen) atoms. The van der Waals surface area contributed by atoms with Gasteiger partial charge in [-0.2, -0.15) is 0 Å². The Hall–Kier alpha value is -0.570. The molecule has 1 rings (SSSR count). The van der Waals surface area contributed by atoms with Crippen LogP contribution in [0.25, 0.3) is 0 Å². The van der Waals surface area contributed by atoms with E-state index in [1.54, 1.807) is 0 Å². The van der Waals surface area contributed by atoms with Crippen LogP contribution in [-0.2, 0) is 0 Å². The van der Waals surface area contributed by atoms with Gasteiger partial charge >= 0.3 is 0 Å². The van der Waals surface area contributed by atoms with Crippen molar-refractivity contribution >= 4 is 21.7 Å².